The molecule has 0 amide bonds. The van der Waals surface area contributed by atoms with E-state index in [-0.39, 0.29) is 0 Å². The number of hydrogen-bond acceptors (Lipinski definition) is 1. The molecule has 0 aromatic carbocycles. The third-order valence-electron chi connectivity index (χ3n) is 1.68. The second kappa shape index (κ2) is 3.39. The van der Waals surface area contributed by atoms with Crippen molar-refractivity contribution in [3.05, 3.63) is 29.1 Å². The number of nitrogens with zero attached hydrogens (tertiary/aromatic N) is 1. The Bertz CT molecular complexity index is 364. The number of hydrogen-bond donors (Lipinski definition) is 0. The van der Waals surface area contributed by atoms with Crippen LogP contribution in [0.1, 0.15) is 17.0 Å². The summed E-state index contributed by atoms with van der Waals surface area (Å²) in [6.07, 6.45) is -9.41. The summed E-state index contributed by atoms with van der Waals surface area (Å²) in [5, 5.41) is 0. The summed E-state index contributed by atoms with van der Waals surface area (Å²) in [6.45, 7) is 0.887. The van der Waals surface area contributed by atoms with Crippen LogP contribution in [0.25, 0.3) is 0 Å². The minimum Gasteiger partial charge on any atom is -0.248 e. The number of alkyl halides is 6. The molecule has 0 aliphatic carbocycles. The molecule has 0 aliphatic rings. The molecule has 0 atom stereocenters. The average molecular weight is 229 g/mol. The van der Waals surface area contributed by atoms with Crippen molar-refractivity contribution in [2.24, 2.45) is 0 Å². The van der Waals surface area contributed by atoms with Gasteiger partial charge in [0.25, 0.3) is 0 Å². The number of halogens is 6. The Morgan fingerprint density at radius 1 is 0.933 bits per heavy atom. The van der Waals surface area contributed by atoms with E-state index in [1.807, 2.05) is 0 Å². The summed E-state index contributed by atoms with van der Waals surface area (Å²) in [5.74, 6) is 0. The Kier molecular flexibility index (Phi) is 2.67. The van der Waals surface area contributed by atoms with Crippen LogP contribution in [0.5, 0.6) is 0 Å². The first-order valence-electron chi connectivity index (χ1n) is 3.74. The van der Waals surface area contributed by atoms with Crippen LogP contribution in [0.3, 0.4) is 0 Å². The molecular weight excluding hydrogens is 224 g/mol. The maximum absolute atomic E-state index is 12.2. The van der Waals surface area contributed by atoms with Gasteiger partial charge in [-0.1, -0.05) is 0 Å². The Hall–Kier alpha value is -1.27. The molecule has 1 heterocycles. The molecule has 0 spiro atoms. The van der Waals surface area contributed by atoms with E-state index in [9.17, 15) is 26.3 Å². The van der Waals surface area contributed by atoms with Gasteiger partial charge in [-0.3, -0.25) is 0 Å². The first-order chi connectivity index (χ1) is 6.62. The van der Waals surface area contributed by atoms with Gasteiger partial charge in [0.05, 0.1) is 11.3 Å². The molecule has 0 saturated carbocycles. The summed E-state index contributed by atoms with van der Waals surface area (Å²) in [6, 6.07) is 0.695. The fourth-order valence-corrected chi connectivity index (χ4v) is 1.02. The van der Waals surface area contributed by atoms with Gasteiger partial charge in [0.15, 0.2) is 0 Å². The van der Waals surface area contributed by atoms with Crippen LogP contribution in [-0.4, -0.2) is 4.98 Å². The minimum atomic E-state index is -4.73. The van der Waals surface area contributed by atoms with Crippen molar-refractivity contribution in [1.82, 2.24) is 4.98 Å². The Balaban J connectivity index is 3.21. The van der Waals surface area contributed by atoms with Crippen molar-refractivity contribution in [2.75, 3.05) is 0 Å². The van der Waals surface area contributed by atoms with Gasteiger partial charge in [-0.15, -0.1) is 0 Å². The molecule has 0 radical (unpaired) electrons. The Morgan fingerprint density at radius 2 is 1.47 bits per heavy atom. The molecule has 0 fully saturated rings. The first kappa shape index (κ1) is 11.8. The molecule has 1 nitrogen and oxygen atoms in total. The number of rotatable bonds is 0. The number of aromatic nitrogens is 1. The molecular formula is C8H5F6N. The lowest BCUT2D eigenvalue weighted by atomic mass is 10.2. The van der Waals surface area contributed by atoms with Crippen LogP contribution in [-0.2, 0) is 12.4 Å². The van der Waals surface area contributed by atoms with Gasteiger partial charge in [0.2, 0.25) is 0 Å². The van der Waals surface area contributed by atoms with Crippen molar-refractivity contribution in [1.29, 1.82) is 0 Å². The molecule has 15 heavy (non-hydrogen) atoms. The summed E-state index contributed by atoms with van der Waals surface area (Å²) >= 11 is 0. The standard InChI is InChI=1S/C8H5F6N/c1-4-5(7(9,10)11)2-3-6(15-4)8(12,13)14/h2-3H,1H3. The summed E-state index contributed by atoms with van der Waals surface area (Å²) in [4.78, 5) is 2.87. The molecule has 1 aromatic rings. The van der Waals surface area contributed by atoms with E-state index < -0.39 is 29.3 Å². The predicted octanol–water partition coefficient (Wildman–Crippen LogP) is 3.43. The lowest BCUT2D eigenvalue weighted by Crippen LogP contribution is -2.13. The van der Waals surface area contributed by atoms with Crippen molar-refractivity contribution >= 4 is 0 Å². The highest BCUT2D eigenvalue weighted by molar-refractivity contribution is 5.25. The van der Waals surface area contributed by atoms with Crippen LogP contribution in [0.15, 0.2) is 12.1 Å². The largest absolute Gasteiger partial charge is 0.433 e. The predicted molar refractivity (Wildman–Crippen MR) is 39.0 cm³/mol. The topological polar surface area (TPSA) is 12.9 Å². The van der Waals surface area contributed by atoms with Gasteiger partial charge in [0, 0.05) is 0 Å². The molecule has 0 N–H and O–H groups in total. The van der Waals surface area contributed by atoms with Gasteiger partial charge in [-0.2, -0.15) is 26.3 Å². The van der Waals surface area contributed by atoms with E-state index in [0.717, 1.165) is 6.92 Å². The molecule has 1 aromatic heterocycles. The van der Waals surface area contributed by atoms with E-state index in [1.54, 1.807) is 0 Å². The highest BCUT2D eigenvalue weighted by Crippen LogP contribution is 2.34. The van der Waals surface area contributed by atoms with E-state index in [0.29, 0.717) is 12.1 Å². The second-order valence-electron chi connectivity index (χ2n) is 2.82. The van der Waals surface area contributed by atoms with Crippen molar-refractivity contribution in [2.45, 2.75) is 19.3 Å². The van der Waals surface area contributed by atoms with Crippen LogP contribution in [0.2, 0.25) is 0 Å². The Labute approximate surface area is 80.7 Å². The van der Waals surface area contributed by atoms with E-state index >= 15 is 0 Å². The maximum atomic E-state index is 12.2. The van der Waals surface area contributed by atoms with Crippen LogP contribution < -0.4 is 0 Å². The zero-order chi connectivity index (χ0) is 11.9. The monoisotopic (exact) mass is 229 g/mol. The van der Waals surface area contributed by atoms with Gasteiger partial charge >= 0.3 is 12.4 Å². The number of pyridine rings is 1. The highest BCUT2D eigenvalue weighted by atomic mass is 19.4. The van der Waals surface area contributed by atoms with Crippen LogP contribution in [0.4, 0.5) is 26.3 Å². The molecule has 0 unspecified atom stereocenters. The highest BCUT2D eigenvalue weighted by Gasteiger charge is 2.37. The quantitative estimate of drug-likeness (QED) is 0.621. The molecule has 0 saturated heterocycles. The molecule has 1 rings (SSSR count). The van der Waals surface area contributed by atoms with E-state index in [4.69, 9.17) is 0 Å². The lowest BCUT2D eigenvalue weighted by Gasteiger charge is -2.11. The second-order valence-corrected chi connectivity index (χ2v) is 2.82. The summed E-state index contributed by atoms with van der Waals surface area (Å²) in [7, 11) is 0. The molecule has 7 heteroatoms. The SMILES string of the molecule is Cc1nc(C(F)(F)F)ccc1C(F)(F)F. The van der Waals surface area contributed by atoms with E-state index in [2.05, 4.69) is 4.98 Å². The maximum Gasteiger partial charge on any atom is 0.433 e. The van der Waals surface area contributed by atoms with Gasteiger partial charge in [0.1, 0.15) is 5.69 Å². The smallest absolute Gasteiger partial charge is 0.248 e. The molecule has 0 bridgehead atoms. The van der Waals surface area contributed by atoms with E-state index in [1.165, 1.54) is 0 Å². The van der Waals surface area contributed by atoms with Crippen molar-refractivity contribution in [3.63, 3.8) is 0 Å². The Morgan fingerprint density at radius 3 is 1.80 bits per heavy atom. The normalized spacial score (nSPS) is 13.0. The number of aryl methyl sites for hydroxylation is 1. The average Bonchev–Trinajstić information content (AvgIpc) is 1.99. The zero-order valence-corrected chi connectivity index (χ0v) is 7.37. The zero-order valence-electron chi connectivity index (χ0n) is 7.37. The van der Waals surface area contributed by atoms with Gasteiger partial charge in [-0.05, 0) is 19.1 Å². The lowest BCUT2D eigenvalue weighted by molar-refractivity contribution is -0.144. The fourth-order valence-electron chi connectivity index (χ4n) is 1.02. The van der Waals surface area contributed by atoms with Gasteiger partial charge in [-0.25, -0.2) is 4.98 Å². The summed E-state index contributed by atoms with van der Waals surface area (Å²) in [5.41, 5.74) is -3.17. The summed E-state index contributed by atoms with van der Waals surface area (Å²) < 4.78 is 72.6. The van der Waals surface area contributed by atoms with Crippen LogP contribution in [0, 0.1) is 6.92 Å². The molecule has 0 aliphatic heterocycles. The van der Waals surface area contributed by atoms with Crippen molar-refractivity contribution in [3.8, 4) is 0 Å². The van der Waals surface area contributed by atoms with Crippen LogP contribution >= 0.6 is 0 Å². The molecule has 84 valence electrons. The fraction of sp³-hybridized carbons (Fsp3) is 0.375. The third kappa shape index (κ3) is 2.60. The third-order valence-corrected chi connectivity index (χ3v) is 1.68. The van der Waals surface area contributed by atoms with Gasteiger partial charge < -0.3 is 0 Å². The van der Waals surface area contributed by atoms with Crippen molar-refractivity contribution < 1.29 is 26.3 Å². The first-order valence-corrected chi connectivity index (χ1v) is 3.74. The minimum absolute atomic E-state index is 0.315.